The summed E-state index contributed by atoms with van der Waals surface area (Å²) in [5.74, 6) is -2.26. The van der Waals surface area contributed by atoms with Gasteiger partial charge >= 0.3 is 17.1 Å². The third-order valence-electron chi connectivity index (χ3n) is 2.90. The van der Waals surface area contributed by atoms with Crippen LogP contribution in [0.25, 0.3) is 0 Å². The Morgan fingerprint density at radius 1 is 0.556 bits per heavy atom. The number of nitro groups is 3. The van der Waals surface area contributed by atoms with Gasteiger partial charge in [-0.15, -0.1) is 0 Å². The van der Waals surface area contributed by atoms with Crippen molar-refractivity contribution in [3.63, 3.8) is 0 Å². The molecule has 0 atom stereocenters. The lowest BCUT2D eigenvalue weighted by molar-refractivity contribution is -0.407. The molecule has 0 aliphatic carbocycles. The molecule has 12 heteroatoms. The first kappa shape index (κ1) is 21.9. The summed E-state index contributed by atoms with van der Waals surface area (Å²) >= 11 is 0. The minimum atomic E-state index is -1.01. The molecular formula is C15H21N3O9. The Kier molecular flexibility index (Phi) is 6.86. The van der Waals surface area contributed by atoms with Gasteiger partial charge in [0, 0.05) is 0 Å². The SMILES string of the molecule is CC(C)Oc1c([N+](=O)[O-])c(OC(C)C)c([N+](=O)[O-])c(OC(C)C)c1[N+](=O)[O-]. The van der Waals surface area contributed by atoms with Gasteiger partial charge in [-0.3, -0.25) is 30.3 Å². The molecule has 0 aliphatic rings. The predicted octanol–water partition coefficient (Wildman–Crippen LogP) is 3.77. The molecule has 0 aliphatic heterocycles. The van der Waals surface area contributed by atoms with Crippen LogP contribution in [0, 0.1) is 30.3 Å². The van der Waals surface area contributed by atoms with E-state index in [1.54, 1.807) is 0 Å². The highest BCUT2D eigenvalue weighted by atomic mass is 16.7. The summed E-state index contributed by atoms with van der Waals surface area (Å²) in [5, 5.41) is 34.9. The topological polar surface area (TPSA) is 157 Å². The molecule has 0 amide bonds. The van der Waals surface area contributed by atoms with E-state index >= 15 is 0 Å². The number of ether oxygens (including phenoxy) is 3. The quantitative estimate of drug-likeness (QED) is 0.454. The van der Waals surface area contributed by atoms with Gasteiger partial charge in [0.25, 0.3) is 17.2 Å². The Bertz CT molecular complexity index is 638. The van der Waals surface area contributed by atoms with Crippen LogP contribution >= 0.6 is 0 Å². The van der Waals surface area contributed by atoms with Crippen molar-refractivity contribution in [3.8, 4) is 17.2 Å². The van der Waals surface area contributed by atoms with Crippen LogP contribution in [-0.2, 0) is 0 Å². The molecule has 1 rings (SSSR count). The molecule has 27 heavy (non-hydrogen) atoms. The molecular weight excluding hydrogens is 366 g/mol. The number of nitrogens with zero attached hydrogens (tertiary/aromatic N) is 3. The number of nitro benzene ring substituents is 3. The van der Waals surface area contributed by atoms with Crippen molar-refractivity contribution in [1.82, 2.24) is 0 Å². The van der Waals surface area contributed by atoms with Gasteiger partial charge < -0.3 is 14.2 Å². The van der Waals surface area contributed by atoms with Crippen molar-refractivity contribution in [3.05, 3.63) is 30.3 Å². The lowest BCUT2D eigenvalue weighted by atomic mass is 10.1. The molecule has 0 bridgehead atoms. The van der Waals surface area contributed by atoms with E-state index in [-0.39, 0.29) is 0 Å². The van der Waals surface area contributed by atoms with E-state index in [2.05, 4.69) is 0 Å². The Balaban J connectivity index is 4.19. The maximum atomic E-state index is 11.6. The summed E-state index contributed by atoms with van der Waals surface area (Å²) in [6.07, 6.45) is -2.08. The lowest BCUT2D eigenvalue weighted by Gasteiger charge is -2.18. The van der Waals surface area contributed by atoms with E-state index < -0.39 is 67.4 Å². The molecule has 0 unspecified atom stereocenters. The highest BCUT2D eigenvalue weighted by Gasteiger charge is 2.47. The number of benzene rings is 1. The largest absolute Gasteiger partial charge is 0.479 e. The van der Waals surface area contributed by atoms with Gasteiger partial charge in [0.1, 0.15) is 0 Å². The van der Waals surface area contributed by atoms with E-state index in [9.17, 15) is 30.3 Å². The Morgan fingerprint density at radius 3 is 0.852 bits per heavy atom. The minimum absolute atomic E-state index is 0.692. The van der Waals surface area contributed by atoms with E-state index in [4.69, 9.17) is 14.2 Å². The lowest BCUT2D eigenvalue weighted by Crippen LogP contribution is -2.17. The first-order valence-electron chi connectivity index (χ1n) is 8.05. The van der Waals surface area contributed by atoms with Crippen molar-refractivity contribution in [2.75, 3.05) is 0 Å². The number of hydrogen-bond donors (Lipinski definition) is 0. The zero-order valence-corrected chi connectivity index (χ0v) is 15.7. The van der Waals surface area contributed by atoms with Crippen molar-refractivity contribution in [1.29, 1.82) is 0 Å². The average molecular weight is 387 g/mol. The standard InChI is InChI=1S/C15H21N3O9/c1-7(2)25-13-10(16(19)20)14(26-8(3)4)12(18(23)24)15(27-9(5)6)11(13)17(21)22/h7-9H,1-6H3. The summed E-state index contributed by atoms with van der Waals surface area (Å²) in [5.41, 5.74) is -2.98. The second kappa shape index (κ2) is 8.47. The normalized spacial score (nSPS) is 11.0. The molecule has 12 nitrogen and oxygen atoms in total. The van der Waals surface area contributed by atoms with E-state index in [1.165, 1.54) is 41.5 Å². The zero-order valence-electron chi connectivity index (χ0n) is 15.7. The van der Waals surface area contributed by atoms with Crippen molar-refractivity contribution in [2.24, 2.45) is 0 Å². The molecule has 0 radical (unpaired) electrons. The summed E-state index contributed by atoms with van der Waals surface area (Å²) in [7, 11) is 0. The van der Waals surface area contributed by atoms with Crippen LogP contribution in [0.15, 0.2) is 0 Å². The Hall–Kier alpha value is -3.18. The highest BCUT2D eigenvalue weighted by Crippen LogP contribution is 2.57. The third kappa shape index (κ3) is 4.92. The van der Waals surface area contributed by atoms with Crippen LogP contribution in [0.1, 0.15) is 41.5 Å². The first-order chi connectivity index (χ1) is 12.4. The van der Waals surface area contributed by atoms with Crippen LogP contribution in [-0.4, -0.2) is 33.1 Å². The van der Waals surface area contributed by atoms with Crippen LogP contribution in [0.3, 0.4) is 0 Å². The second-order valence-corrected chi connectivity index (χ2v) is 6.30. The maximum Gasteiger partial charge on any atom is 0.367 e. The van der Waals surface area contributed by atoms with Crippen molar-refractivity contribution < 1.29 is 29.0 Å². The molecule has 1 aromatic carbocycles. The molecule has 0 aromatic heterocycles. The molecule has 0 spiro atoms. The van der Waals surface area contributed by atoms with Crippen LogP contribution in [0.5, 0.6) is 17.2 Å². The van der Waals surface area contributed by atoms with Crippen LogP contribution in [0.4, 0.5) is 17.1 Å². The summed E-state index contributed by atoms with van der Waals surface area (Å²) in [6.45, 7) is 9.00. The van der Waals surface area contributed by atoms with Gasteiger partial charge in [0.15, 0.2) is 0 Å². The fraction of sp³-hybridized carbons (Fsp3) is 0.600. The van der Waals surface area contributed by atoms with Gasteiger partial charge in [-0.2, -0.15) is 0 Å². The smallest absolute Gasteiger partial charge is 0.367 e. The Labute approximate surface area is 154 Å². The minimum Gasteiger partial charge on any atom is -0.479 e. The fourth-order valence-electron chi connectivity index (χ4n) is 2.19. The van der Waals surface area contributed by atoms with Gasteiger partial charge in [-0.1, -0.05) is 0 Å². The zero-order chi connectivity index (χ0) is 21.0. The second-order valence-electron chi connectivity index (χ2n) is 6.30. The fourth-order valence-corrected chi connectivity index (χ4v) is 2.19. The average Bonchev–Trinajstić information content (AvgIpc) is 2.43. The van der Waals surface area contributed by atoms with Gasteiger partial charge in [-0.25, -0.2) is 0 Å². The van der Waals surface area contributed by atoms with Gasteiger partial charge in [-0.05, 0) is 41.5 Å². The van der Waals surface area contributed by atoms with E-state index in [1.807, 2.05) is 0 Å². The Morgan fingerprint density at radius 2 is 0.741 bits per heavy atom. The molecule has 1 aromatic rings. The molecule has 0 saturated heterocycles. The van der Waals surface area contributed by atoms with Crippen LogP contribution in [0.2, 0.25) is 0 Å². The van der Waals surface area contributed by atoms with Gasteiger partial charge in [0.05, 0.1) is 33.1 Å². The van der Waals surface area contributed by atoms with E-state index in [0.29, 0.717) is 0 Å². The maximum absolute atomic E-state index is 11.6. The third-order valence-corrected chi connectivity index (χ3v) is 2.90. The van der Waals surface area contributed by atoms with Crippen LogP contribution < -0.4 is 14.2 Å². The molecule has 0 saturated carbocycles. The summed E-state index contributed by atoms with van der Waals surface area (Å²) in [6, 6.07) is 0. The monoisotopic (exact) mass is 387 g/mol. The first-order valence-corrected chi connectivity index (χ1v) is 8.05. The molecule has 0 fully saturated rings. The highest BCUT2D eigenvalue weighted by molar-refractivity contribution is 5.82. The van der Waals surface area contributed by atoms with Gasteiger partial charge in [0.2, 0.25) is 0 Å². The summed E-state index contributed by atoms with van der Waals surface area (Å²) in [4.78, 5) is 31.9. The molecule has 0 heterocycles. The van der Waals surface area contributed by atoms with Crippen molar-refractivity contribution >= 4 is 17.1 Å². The van der Waals surface area contributed by atoms with E-state index in [0.717, 1.165) is 0 Å². The number of rotatable bonds is 9. The summed E-state index contributed by atoms with van der Waals surface area (Å²) < 4.78 is 15.9. The predicted molar refractivity (Wildman–Crippen MR) is 93.7 cm³/mol. The number of hydrogen-bond acceptors (Lipinski definition) is 9. The molecule has 150 valence electrons. The molecule has 0 N–H and O–H groups in total. The van der Waals surface area contributed by atoms with Crippen molar-refractivity contribution in [2.45, 2.75) is 59.9 Å².